The van der Waals surface area contributed by atoms with Crippen LogP contribution in [0.3, 0.4) is 0 Å². The minimum Gasteiger partial charge on any atom is -0.202 e. The molecule has 0 saturated heterocycles. The maximum atomic E-state index is 9.46. The molecule has 2 nitrogen and oxygen atoms in total. The lowest BCUT2D eigenvalue weighted by molar-refractivity contribution is -0.612. The highest BCUT2D eigenvalue weighted by atomic mass is 15.2. The molecule has 0 N–H and O–H groups in total. The lowest BCUT2D eigenvalue weighted by Crippen LogP contribution is -2.40. The summed E-state index contributed by atoms with van der Waals surface area (Å²) in [5.41, 5.74) is 5.83. The first-order valence-corrected chi connectivity index (χ1v) is 10.6. The summed E-state index contributed by atoms with van der Waals surface area (Å²) in [6.07, 6.45) is 10.6. The van der Waals surface area contributed by atoms with Crippen molar-refractivity contribution < 1.29 is 5.94 Å². The number of rotatable bonds is 3. The van der Waals surface area contributed by atoms with E-state index >= 15 is 0 Å². The number of aromatic nitrogens is 2. The number of aryl methyl sites for hydroxylation is 1. The number of nitrogens with zero attached hydrogens (tertiary/aromatic N) is 2. The third-order valence-corrected chi connectivity index (χ3v) is 6.45. The van der Waals surface area contributed by atoms with Crippen LogP contribution in [0.1, 0.15) is 73.6 Å². The number of imidazole rings is 1. The molecule has 2 aliphatic rings. The maximum Gasteiger partial charge on any atom is 0.269 e. The first-order valence-electron chi connectivity index (χ1n) is 11.1. The van der Waals surface area contributed by atoms with Gasteiger partial charge in [-0.15, -0.1) is 0 Å². The smallest absolute Gasteiger partial charge is 0.202 e. The van der Waals surface area contributed by atoms with Gasteiger partial charge in [-0.25, -0.2) is 4.57 Å². The van der Waals surface area contributed by atoms with Crippen LogP contribution in [0.15, 0.2) is 60.7 Å². The number of hydrogen-bond acceptors (Lipinski definition) is 0. The van der Waals surface area contributed by atoms with Crippen LogP contribution >= 0.6 is 0 Å². The molecule has 2 heteroatoms. The molecule has 1 fully saturated rings. The van der Waals surface area contributed by atoms with Gasteiger partial charge < -0.3 is 0 Å². The van der Waals surface area contributed by atoms with Crippen molar-refractivity contribution in [2.75, 3.05) is 0 Å². The van der Waals surface area contributed by atoms with Crippen molar-refractivity contribution >= 4 is 6.20 Å². The molecule has 2 heterocycles. The second kappa shape index (κ2) is 7.09. The highest BCUT2D eigenvalue weighted by Crippen LogP contribution is 2.39. The lowest BCUT2D eigenvalue weighted by Gasteiger charge is -2.20. The molecule has 1 aromatic heterocycles. The molecule has 0 radical (unpaired) electrons. The van der Waals surface area contributed by atoms with Crippen molar-refractivity contribution in [1.82, 2.24) is 4.57 Å². The Bertz CT molecular complexity index is 1070. The van der Waals surface area contributed by atoms with Gasteiger partial charge in [0, 0.05) is 8.29 Å². The van der Waals surface area contributed by atoms with Crippen molar-refractivity contribution in [2.45, 2.75) is 57.8 Å². The quantitative estimate of drug-likeness (QED) is 0.497. The third kappa shape index (κ3) is 2.74. The van der Waals surface area contributed by atoms with E-state index in [2.05, 4.69) is 71.7 Å². The van der Waals surface area contributed by atoms with Gasteiger partial charge in [0.25, 0.3) is 5.82 Å². The second-order valence-electron chi connectivity index (χ2n) is 8.21. The van der Waals surface area contributed by atoms with Gasteiger partial charge in [0.2, 0.25) is 0 Å². The molecule has 2 aromatic carbocycles. The third-order valence-electron chi connectivity index (χ3n) is 6.45. The Morgan fingerprint density at radius 1 is 0.929 bits per heavy atom. The van der Waals surface area contributed by atoms with Crippen LogP contribution in [0.25, 0.3) is 11.9 Å². The molecule has 1 unspecified atom stereocenters. The molecule has 1 aliphatic carbocycles. The standard InChI is InChI=1S/C26H29N2/c1-19-11-9-10-16-24(19)28-20(2)25-23(21-12-5-3-6-13-21)17-18-27(25)26(28)22-14-7-4-8-15-22/h3,5-6,9-13,16-18,22-23H,4,7-8,14-15H2,1-2H3/q+1/i23D. The summed E-state index contributed by atoms with van der Waals surface area (Å²) >= 11 is 0. The van der Waals surface area contributed by atoms with E-state index in [1.807, 2.05) is 18.2 Å². The van der Waals surface area contributed by atoms with E-state index in [-0.39, 0.29) is 0 Å². The predicted molar refractivity (Wildman–Crippen MR) is 115 cm³/mol. The second-order valence-corrected chi connectivity index (χ2v) is 8.21. The minimum atomic E-state index is -0.845. The summed E-state index contributed by atoms with van der Waals surface area (Å²) in [5.74, 6) is 1.05. The van der Waals surface area contributed by atoms with Crippen LogP contribution in [0, 0.1) is 13.8 Å². The fourth-order valence-corrected chi connectivity index (χ4v) is 5.09. The summed E-state index contributed by atoms with van der Waals surface area (Å²) in [4.78, 5) is 0. The zero-order chi connectivity index (χ0) is 20.0. The van der Waals surface area contributed by atoms with Crippen molar-refractivity contribution in [2.24, 2.45) is 0 Å². The highest BCUT2D eigenvalue weighted by Gasteiger charge is 2.40. The van der Waals surface area contributed by atoms with Gasteiger partial charge in [0.15, 0.2) is 5.69 Å². The van der Waals surface area contributed by atoms with E-state index < -0.39 is 5.89 Å². The van der Waals surface area contributed by atoms with E-state index in [1.54, 1.807) is 0 Å². The minimum absolute atomic E-state index is 0.540. The molecule has 142 valence electrons. The van der Waals surface area contributed by atoms with E-state index in [9.17, 15) is 1.37 Å². The van der Waals surface area contributed by atoms with Gasteiger partial charge in [-0.3, -0.25) is 0 Å². The Balaban J connectivity index is 1.78. The Morgan fingerprint density at radius 2 is 1.64 bits per heavy atom. The fourth-order valence-electron chi connectivity index (χ4n) is 5.09. The first kappa shape index (κ1) is 16.4. The van der Waals surface area contributed by atoms with E-state index in [4.69, 9.17) is 0 Å². The van der Waals surface area contributed by atoms with Crippen LogP contribution in [0.2, 0.25) is 0 Å². The predicted octanol–water partition coefficient (Wildman–Crippen LogP) is 6.05. The first-order chi connectivity index (χ1) is 14.1. The normalized spacial score (nSPS) is 22.3. The number of allylic oxidation sites excluding steroid dienone is 1. The van der Waals surface area contributed by atoms with Crippen molar-refractivity contribution in [3.05, 3.63) is 89.0 Å². The molecule has 3 aromatic rings. The molecule has 1 saturated carbocycles. The van der Waals surface area contributed by atoms with Gasteiger partial charge in [-0.05, 0) is 43.0 Å². The molecule has 1 aliphatic heterocycles. The number of hydrogen-bond donors (Lipinski definition) is 0. The number of para-hydroxylation sites is 1. The Labute approximate surface area is 169 Å². The van der Waals surface area contributed by atoms with Crippen LogP contribution in [-0.2, 0) is 0 Å². The maximum absolute atomic E-state index is 9.46. The van der Waals surface area contributed by atoms with E-state index in [0.717, 1.165) is 11.3 Å². The van der Waals surface area contributed by atoms with Gasteiger partial charge in [-0.1, -0.05) is 67.8 Å². The molecular weight excluding hydrogens is 340 g/mol. The van der Waals surface area contributed by atoms with E-state index in [0.29, 0.717) is 5.92 Å². The fraction of sp³-hybridized carbons (Fsp3) is 0.346. The highest BCUT2D eigenvalue weighted by molar-refractivity contribution is 5.50. The van der Waals surface area contributed by atoms with E-state index in [1.165, 1.54) is 54.9 Å². The summed E-state index contributed by atoms with van der Waals surface area (Å²) in [6.45, 7) is 4.39. The molecule has 5 rings (SSSR count). The summed E-state index contributed by atoms with van der Waals surface area (Å²) in [5, 5.41) is 0. The topological polar surface area (TPSA) is 8.81 Å². The molecule has 0 amide bonds. The monoisotopic (exact) mass is 370 g/mol. The average Bonchev–Trinajstić information content (AvgIpc) is 3.26. The van der Waals surface area contributed by atoms with Crippen LogP contribution in [0.5, 0.6) is 0 Å². The number of benzene rings is 2. The van der Waals surface area contributed by atoms with Crippen molar-refractivity contribution in [3.63, 3.8) is 0 Å². The van der Waals surface area contributed by atoms with Gasteiger partial charge >= 0.3 is 0 Å². The van der Waals surface area contributed by atoms with Crippen molar-refractivity contribution in [1.29, 1.82) is 0 Å². The molecule has 28 heavy (non-hydrogen) atoms. The Morgan fingerprint density at radius 3 is 2.39 bits per heavy atom. The zero-order valence-corrected chi connectivity index (χ0v) is 16.9. The van der Waals surface area contributed by atoms with Gasteiger partial charge in [0.1, 0.15) is 11.4 Å². The molecule has 0 spiro atoms. The SMILES string of the molecule is [2H]C1(c2ccccc2)C=Cn2c1c(C)[n+](-c1ccccc1C)c2C1CCCCC1. The van der Waals surface area contributed by atoms with Crippen LogP contribution in [0.4, 0.5) is 0 Å². The van der Waals surface area contributed by atoms with Crippen molar-refractivity contribution in [3.8, 4) is 5.69 Å². The molecule has 1 atom stereocenters. The summed E-state index contributed by atoms with van der Waals surface area (Å²) < 4.78 is 14.3. The Kier molecular flexibility index (Phi) is 4.14. The van der Waals surface area contributed by atoms with Crippen LogP contribution < -0.4 is 4.57 Å². The summed E-state index contributed by atoms with van der Waals surface area (Å²) in [7, 11) is 0. The van der Waals surface area contributed by atoms with Gasteiger partial charge in [-0.2, -0.15) is 4.57 Å². The van der Waals surface area contributed by atoms with Gasteiger partial charge in [0.05, 0.1) is 18.0 Å². The molecule has 0 bridgehead atoms. The zero-order valence-electron chi connectivity index (χ0n) is 17.9. The van der Waals surface area contributed by atoms with Crippen LogP contribution in [-0.4, -0.2) is 4.57 Å². The summed E-state index contributed by atoms with van der Waals surface area (Å²) in [6, 6.07) is 18.9. The largest absolute Gasteiger partial charge is 0.269 e. The average molecular weight is 371 g/mol. The molecular formula is C26H29N2+. The Hall–Kier alpha value is -2.61. The number of fused-ring (bicyclic) bond motifs is 1. The lowest BCUT2D eigenvalue weighted by atomic mass is 9.88.